The zero-order valence-corrected chi connectivity index (χ0v) is 40.1. The van der Waals surface area contributed by atoms with E-state index < -0.39 is 11.6 Å². The van der Waals surface area contributed by atoms with Gasteiger partial charge in [0.2, 0.25) is 0 Å². The molecule has 1 fully saturated rings. The Bertz CT molecular complexity index is 2130. The smallest absolute Gasteiger partial charge is 1.00 e. The molecule has 1 aliphatic heterocycles. The van der Waals surface area contributed by atoms with Crippen LogP contribution in [-0.2, 0) is 28.2 Å². The third-order valence-electron chi connectivity index (χ3n) is 8.29. The second kappa shape index (κ2) is 24.5. The van der Waals surface area contributed by atoms with Gasteiger partial charge in [0.05, 0.1) is 25.4 Å². The minimum atomic E-state index is -1.00. The average molecular weight is 1020 g/mol. The van der Waals surface area contributed by atoms with Crippen molar-refractivity contribution in [2.75, 3.05) is 19.8 Å². The molecule has 1 aliphatic rings. The Morgan fingerprint density at radius 1 is 0.772 bits per heavy atom. The number of ether oxygens (including phenoxy) is 2. The Kier molecular flexibility index (Phi) is 21.8. The minimum Gasteiger partial charge on any atom is -1.00 e. The van der Waals surface area contributed by atoms with E-state index in [0.717, 1.165) is 55.3 Å². The zero-order valence-electron chi connectivity index (χ0n) is 32.4. The number of halogens is 5. The number of hydrogen-bond acceptors (Lipinski definition) is 6. The molecule has 0 spiro atoms. The fourth-order valence-electron chi connectivity index (χ4n) is 5.46. The Morgan fingerprint density at radius 2 is 1.21 bits per heavy atom. The molecule has 7 rings (SSSR count). The molecule has 1 N–H and O–H groups in total. The standard InChI is InChI=1S/C19H16BrClN2O2.C19H18BrClN2O.C4H8O.CH3.BrH.Mg/c1-2-25-19(24)17-12-23(11-14-5-3-4-6-16(14)21)18(22-17)13-7-9-15(20)10-8-13;1-19(2,24)17-12-23(11-14-5-3-4-6-16(14)21)18(22-17)13-7-9-15(20)10-8-13;1-2-4-5-3-1;;;/h3-10,12H,2,11H2,1H3;3-10,12,24H,11H2,1-2H3;1-4H2;1H3;1H;/q;;;-1;;+2/p-1. The van der Waals surface area contributed by atoms with Gasteiger partial charge in [0, 0.05) is 55.7 Å². The normalized spacial score (nSPS) is 11.7. The van der Waals surface area contributed by atoms with Crippen molar-refractivity contribution in [2.24, 2.45) is 0 Å². The number of aliphatic hydroxyl groups is 1. The van der Waals surface area contributed by atoms with Crippen molar-refractivity contribution >= 4 is 84.1 Å². The van der Waals surface area contributed by atoms with Crippen LogP contribution in [0.25, 0.3) is 22.8 Å². The van der Waals surface area contributed by atoms with Gasteiger partial charge in [-0.1, -0.05) is 116 Å². The van der Waals surface area contributed by atoms with E-state index >= 15 is 0 Å². The summed E-state index contributed by atoms with van der Waals surface area (Å²) in [6.45, 7) is 8.66. The summed E-state index contributed by atoms with van der Waals surface area (Å²) in [7, 11) is 0. The monoisotopic (exact) mass is 1010 g/mol. The van der Waals surface area contributed by atoms with E-state index in [2.05, 4.69) is 41.8 Å². The summed E-state index contributed by atoms with van der Waals surface area (Å²) >= 11 is 19.5. The topological polar surface area (TPSA) is 91.4 Å². The summed E-state index contributed by atoms with van der Waals surface area (Å²) in [4.78, 5) is 21.2. The van der Waals surface area contributed by atoms with Crippen molar-refractivity contribution < 1.29 is 36.4 Å². The number of carbonyl (C=O) groups excluding carboxylic acids is 1. The van der Waals surface area contributed by atoms with Gasteiger partial charge in [-0.2, -0.15) is 0 Å². The summed E-state index contributed by atoms with van der Waals surface area (Å²) in [5, 5.41) is 11.7. The molecule has 0 aliphatic carbocycles. The molecule has 0 radical (unpaired) electrons. The van der Waals surface area contributed by atoms with Crippen LogP contribution >= 0.6 is 55.1 Å². The molecule has 14 heteroatoms. The molecule has 8 nitrogen and oxygen atoms in total. The van der Waals surface area contributed by atoms with E-state index in [1.165, 1.54) is 12.8 Å². The molecule has 0 saturated carbocycles. The molecule has 57 heavy (non-hydrogen) atoms. The number of hydrogen-bond donors (Lipinski definition) is 1. The summed E-state index contributed by atoms with van der Waals surface area (Å²) < 4.78 is 16.0. The maximum atomic E-state index is 12.1. The van der Waals surface area contributed by atoms with E-state index in [1.54, 1.807) is 27.0 Å². The van der Waals surface area contributed by atoms with Crippen molar-refractivity contribution in [3.05, 3.63) is 158 Å². The van der Waals surface area contributed by atoms with Gasteiger partial charge in [-0.05, 0) is 81.1 Å². The van der Waals surface area contributed by atoms with Crippen LogP contribution in [0.1, 0.15) is 60.9 Å². The summed E-state index contributed by atoms with van der Waals surface area (Å²) in [6.07, 6.45) is 6.15. The van der Waals surface area contributed by atoms with Crippen LogP contribution in [0.2, 0.25) is 10.0 Å². The molecule has 4 aromatic carbocycles. The Labute approximate surface area is 389 Å². The molecule has 0 atom stereocenters. The third kappa shape index (κ3) is 14.9. The second-order valence-electron chi connectivity index (χ2n) is 13.0. The maximum Gasteiger partial charge on any atom is 2.00 e. The van der Waals surface area contributed by atoms with Crippen molar-refractivity contribution in [2.45, 2.75) is 52.3 Å². The molecule has 298 valence electrons. The fourth-order valence-corrected chi connectivity index (χ4v) is 6.38. The number of aromatic nitrogens is 4. The minimum absolute atomic E-state index is 0. The molecule has 0 bridgehead atoms. The predicted octanol–water partition coefficient (Wildman–Crippen LogP) is 8.30. The maximum absolute atomic E-state index is 12.1. The van der Waals surface area contributed by atoms with Gasteiger partial charge in [-0.3, -0.25) is 0 Å². The number of esters is 1. The van der Waals surface area contributed by atoms with Crippen molar-refractivity contribution in [1.29, 1.82) is 0 Å². The first kappa shape index (κ1) is 50.6. The van der Waals surface area contributed by atoms with Gasteiger partial charge < -0.3 is 48.1 Å². The number of benzene rings is 4. The Balaban J connectivity index is 0.000000334. The van der Waals surface area contributed by atoms with Gasteiger partial charge in [0.1, 0.15) is 17.2 Å². The van der Waals surface area contributed by atoms with E-state index in [1.807, 2.05) is 112 Å². The van der Waals surface area contributed by atoms with Gasteiger partial charge in [0.15, 0.2) is 5.69 Å². The third-order valence-corrected chi connectivity index (χ3v) is 10.1. The quantitative estimate of drug-likeness (QED) is 0.0892. The van der Waals surface area contributed by atoms with E-state index in [9.17, 15) is 9.90 Å². The van der Waals surface area contributed by atoms with Crippen LogP contribution in [0, 0.1) is 7.43 Å². The molecular weight excluding hydrogens is 971 g/mol. The predicted molar refractivity (Wildman–Crippen MR) is 235 cm³/mol. The largest absolute Gasteiger partial charge is 2.00 e. The van der Waals surface area contributed by atoms with Crippen molar-refractivity contribution in [3.8, 4) is 22.8 Å². The molecule has 2 aromatic heterocycles. The van der Waals surface area contributed by atoms with Gasteiger partial charge in [-0.25, -0.2) is 14.8 Å². The summed E-state index contributed by atoms with van der Waals surface area (Å²) in [6, 6.07) is 31.1. The summed E-state index contributed by atoms with van der Waals surface area (Å²) in [5.74, 6) is 1.06. The Hall–Kier alpha value is -2.52. The first-order valence-corrected chi connectivity index (χ1v) is 19.9. The molecule has 6 aromatic rings. The first-order chi connectivity index (χ1) is 25.9. The average Bonchev–Trinajstić information content (AvgIpc) is 3.95. The fraction of sp³-hybridized carbons (Fsp3) is 0.256. The SMILES string of the molecule is C1CCOC1.CC(C)(O)c1cn(Cc2ccccc2Cl)c(-c2ccc(Br)cc2)n1.CCOC(=O)c1cn(Cc2ccccc2Cl)c(-c2ccc(Br)cc2)n1.[Br-].[CH3-].[Mg+2]. The zero-order chi connectivity index (χ0) is 38.7. The van der Waals surface area contributed by atoms with Gasteiger partial charge >= 0.3 is 29.0 Å². The van der Waals surface area contributed by atoms with Gasteiger partial charge in [-0.15, -0.1) is 0 Å². The number of rotatable bonds is 9. The number of nitrogens with zero attached hydrogens (tertiary/aromatic N) is 4. The first-order valence-electron chi connectivity index (χ1n) is 17.5. The van der Waals surface area contributed by atoms with Crippen LogP contribution in [0.5, 0.6) is 0 Å². The Morgan fingerprint density at radius 3 is 1.61 bits per heavy atom. The number of imidazole rings is 2. The van der Waals surface area contributed by atoms with Crippen molar-refractivity contribution in [1.82, 2.24) is 19.1 Å². The molecule has 3 heterocycles. The van der Waals surface area contributed by atoms with Crippen LogP contribution in [-0.4, -0.2) is 73.1 Å². The number of carbonyl (C=O) groups is 1. The van der Waals surface area contributed by atoms with E-state index in [-0.39, 0.29) is 53.2 Å². The molecule has 0 unspecified atom stereocenters. The molecular formula is C43H45Br3Cl2MgN4O4. The van der Waals surface area contributed by atoms with Crippen molar-refractivity contribution in [3.63, 3.8) is 0 Å². The van der Waals surface area contributed by atoms with Gasteiger partial charge in [0.25, 0.3) is 0 Å². The van der Waals surface area contributed by atoms with E-state index in [0.29, 0.717) is 36.2 Å². The van der Waals surface area contributed by atoms with Crippen LogP contribution < -0.4 is 17.0 Å². The van der Waals surface area contributed by atoms with Crippen LogP contribution in [0.15, 0.2) is 118 Å². The molecule has 1 saturated heterocycles. The summed E-state index contributed by atoms with van der Waals surface area (Å²) in [5.41, 5.74) is 3.77. The van der Waals surface area contributed by atoms with Crippen LogP contribution in [0.4, 0.5) is 0 Å². The second-order valence-corrected chi connectivity index (χ2v) is 15.6. The van der Waals surface area contributed by atoms with E-state index in [4.69, 9.17) is 32.7 Å². The molecule has 0 amide bonds. The van der Waals surface area contributed by atoms with Crippen LogP contribution in [0.3, 0.4) is 0 Å².